The van der Waals surface area contributed by atoms with Gasteiger partial charge in [-0.2, -0.15) is 5.10 Å². The van der Waals surface area contributed by atoms with E-state index in [-0.39, 0.29) is 5.69 Å². The van der Waals surface area contributed by atoms with Crippen molar-refractivity contribution < 1.29 is 22.8 Å². The number of nitro benzene ring substituents is 1. The number of primary sulfonamides is 1. The van der Waals surface area contributed by atoms with Gasteiger partial charge in [-0.05, 0) is 29.3 Å². The molecule has 0 heterocycles. The molecule has 4 aromatic carbocycles. The summed E-state index contributed by atoms with van der Waals surface area (Å²) in [5, 5.41) is 20.4. The van der Waals surface area contributed by atoms with Gasteiger partial charge in [-0.15, -0.1) is 0 Å². The molecule has 194 valence electrons. The second-order valence-corrected chi connectivity index (χ2v) is 9.63. The third-order valence-corrected chi connectivity index (χ3v) is 6.29. The van der Waals surface area contributed by atoms with Crippen LogP contribution in [0.2, 0.25) is 0 Å². The van der Waals surface area contributed by atoms with Crippen LogP contribution in [0, 0.1) is 10.1 Å². The van der Waals surface area contributed by atoms with E-state index in [1.165, 1.54) is 12.3 Å². The van der Waals surface area contributed by atoms with Gasteiger partial charge < -0.3 is 9.47 Å². The normalized spacial score (nSPS) is 11.3. The first-order valence-electron chi connectivity index (χ1n) is 11.4. The van der Waals surface area contributed by atoms with Crippen LogP contribution in [-0.4, -0.2) is 19.6 Å². The van der Waals surface area contributed by atoms with Crippen LogP contribution in [0.4, 0.5) is 11.4 Å². The molecule has 4 rings (SSSR count). The largest absolute Gasteiger partial charge is 0.489 e. The van der Waals surface area contributed by atoms with Gasteiger partial charge in [0.2, 0.25) is 10.0 Å². The number of anilines is 1. The first-order valence-corrected chi connectivity index (χ1v) is 12.9. The van der Waals surface area contributed by atoms with Crippen LogP contribution in [0.3, 0.4) is 0 Å². The van der Waals surface area contributed by atoms with Gasteiger partial charge >= 0.3 is 0 Å². The number of sulfonamides is 1. The molecule has 3 N–H and O–H groups in total. The summed E-state index contributed by atoms with van der Waals surface area (Å²) < 4.78 is 35.9. The zero-order chi connectivity index (χ0) is 27.0. The molecule has 0 aliphatic heterocycles. The third kappa shape index (κ3) is 7.15. The van der Waals surface area contributed by atoms with Gasteiger partial charge in [0.1, 0.15) is 29.6 Å². The van der Waals surface area contributed by atoms with Crippen LogP contribution < -0.4 is 20.0 Å². The van der Waals surface area contributed by atoms with E-state index in [1.54, 1.807) is 18.2 Å². The Bertz CT molecular complexity index is 1540. The van der Waals surface area contributed by atoms with Gasteiger partial charge in [0.15, 0.2) is 0 Å². The smallest absolute Gasteiger partial charge is 0.270 e. The van der Waals surface area contributed by atoms with Crippen molar-refractivity contribution in [1.82, 2.24) is 0 Å². The van der Waals surface area contributed by atoms with Gasteiger partial charge in [0, 0.05) is 23.8 Å². The summed E-state index contributed by atoms with van der Waals surface area (Å²) in [6.07, 6.45) is 1.44. The molecule has 0 aromatic heterocycles. The summed E-state index contributed by atoms with van der Waals surface area (Å²) in [6, 6.07) is 27.9. The highest BCUT2D eigenvalue weighted by molar-refractivity contribution is 7.89. The summed E-state index contributed by atoms with van der Waals surface area (Å²) in [6.45, 7) is 0.680. The van der Waals surface area contributed by atoms with Gasteiger partial charge in [-0.25, -0.2) is 13.6 Å². The first kappa shape index (κ1) is 26.3. The monoisotopic (exact) mass is 532 g/mol. The molecule has 0 radical (unpaired) electrons. The standard InChI is InChI=1S/C27H24N4O6S/c28-38(34,35)27-15-23(31(32)33)12-14-25(27)30-29-17-22-11-13-24(36-18-20-7-3-1-4-8-20)16-26(22)37-19-21-9-5-2-6-10-21/h1-17,30H,18-19H2,(H2,28,34,35)/b29-17-. The number of nitrogens with one attached hydrogen (secondary N) is 1. The molecular weight excluding hydrogens is 508 g/mol. The summed E-state index contributed by atoms with van der Waals surface area (Å²) in [5.41, 5.74) is 4.74. The molecule has 4 aromatic rings. The zero-order valence-electron chi connectivity index (χ0n) is 20.1. The number of hydrogen-bond donors (Lipinski definition) is 2. The van der Waals surface area contributed by atoms with Crippen LogP contribution in [0.5, 0.6) is 11.5 Å². The molecule has 0 fully saturated rings. The lowest BCUT2D eigenvalue weighted by molar-refractivity contribution is -0.385. The number of nitrogens with two attached hydrogens (primary N) is 1. The van der Waals surface area contributed by atoms with Gasteiger partial charge in [-0.1, -0.05) is 60.7 Å². The zero-order valence-corrected chi connectivity index (χ0v) is 20.9. The van der Waals surface area contributed by atoms with E-state index in [9.17, 15) is 18.5 Å². The van der Waals surface area contributed by atoms with Crippen LogP contribution in [0.1, 0.15) is 16.7 Å². The van der Waals surface area contributed by atoms with Gasteiger partial charge in [-0.3, -0.25) is 15.5 Å². The van der Waals surface area contributed by atoms with Crippen molar-refractivity contribution in [3.05, 3.63) is 124 Å². The van der Waals surface area contributed by atoms with Crippen molar-refractivity contribution >= 4 is 27.6 Å². The van der Waals surface area contributed by atoms with E-state index in [4.69, 9.17) is 14.6 Å². The van der Waals surface area contributed by atoms with Crippen molar-refractivity contribution in [3.63, 3.8) is 0 Å². The minimum Gasteiger partial charge on any atom is -0.489 e. The number of rotatable bonds is 11. The van der Waals surface area contributed by atoms with Crippen molar-refractivity contribution in [3.8, 4) is 11.5 Å². The van der Waals surface area contributed by atoms with Crippen molar-refractivity contribution in [2.24, 2.45) is 10.2 Å². The Morgan fingerprint density at radius 2 is 1.50 bits per heavy atom. The van der Waals surface area contributed by atoms with Crippen LogP contribution >= 0.6 is 0 Å². The first-order chi connectivity index (χ1) is 18.3. The Morgan fingerprint density at radius 1 is 0.868 bits per heavy atom. The van der Waals surface area contributed by atoms with Crippen molar-refractivity contribution in [2.45, 2.75) is 18.1 Å². The molecule has 0 unspecified atom stereocenters. The minimum atomic E-state index is -4.25. The van der Waals surface area contributed by atoms with E-state index >= 15 is 0 Å². The quantitative estimate of drug-likeness (QED) is 0.160. The van der Waals surface area contributed by atoms with Crippen molar-refractivity contribution in [1.29, 1.82) is 0 Å². The maximum atomic E-state index is 12.0. The van der Waals surface area contributed by atoms with E-state index in [0.717, 1.165) is 23.3 Å². The highest BCUT2D eigenvalue weighted by atomic mass is 32.2. The maximum absolute atomic E-state index is 12.0. The number of nitrogens with zero attached hydrogens (tertiary/aromatic N) is 2. The molecule has 10 nitrogen and oxygen atoms in total. The fourth-order valence-corrected chi connectivity index (χ4v) is 4.14. The number of non-ortho nitro benzene ring substituents is 1. The summed E-state index contributed by atoms with van der Waals surface area (Å²) >= 11 is 0. The number of hydrogen-bond acceptors (Lipinski definition) is 8. The molecule has 11 heteroatoms. The molecular formula is C27H24N4O6S. The predicted molar refractivity (Wildman–Crippen MR) is 144 cm³/mol. The summed E-state index contributed by atoms with van der Waals surface area (Å²) in [5.74, 6) is 1.08. The second kappa shape index (κ2) is 12.0. The maximum Gasteiger partial charge on any atom is 0.270 e. The molecule has 0 atom stereocenters. The lowest BCUT2D eigenvalue weighted by Gasteiger charge is -2.13. The highest BCUT2D eigenvalue weighted by Gasteiger charge is 2.19. The number of ether oxygens (including phenoxy) is 2. The van der Waals surface area contributed by atoms with Crippen LogP contribution in [0.25, 0.3) is 0 Å². The highest BCUT2D eigenvalue weighted by Crippen LogP contribution is 2.27. The van der Waals surface area contributed by atoms with E-state index in [1.807, 2.05) is 60.7 Å². The molecule has 0 spiro atoms. The van der Waals surface area contributed by atoms with Crippen LogP contribution in [-0.2, 0) is 23.2 Å². The Morgan fingerprint density at radius 3 is 2.11 bits per heavy atom. The fraction of sp³-hybridized carbons (Fsp3) is 0.0741. The Hall–Kier alpha value is -4.74. The van der Waals surface area contributed by atoms with Gasteiger partial charge in [0.25, 0.3) is 5.69 Å². The minimum absolute atomic E-state index is 0.0103. The SMILES string of the molecule is NS(=O)(=O)c1cc([N+](=O)[O-])ccc1N/N=C\c1ccc(OCc2ccccc2)cc1OCc1ccccc1. The fourth-order valence-electron chi connectivity index (χ4n) is 3.44. The second-order valence-electron chi connectivity index (χ2n) is 8.10. The third-order valence-electron chi connectivity index (χ3n) is 5.34. The Labute approximate surface area is 219 Å². The summed E-state index contributed by atoms with van der Waals surface area (Å²) in [7, 11) is -4.25. The van der Waals surface area contributed by atoms with E-state index in [2.05, 4.69) is 10.5 Å². The lowest BCUT2D eigenvalue weighted by Crippen LogP contribution is -2.14. The molecule has 0 saturated heterocycles. The summed E-state index contributed by atoms with van der Waals surface area (Å²) in [4.78, 5) is 9.88. The number of benzene rings is 4. The Balaban J connectivity index is 1.56. The van der Waals surface area contributed by atoms with E-state index in [0.29, 0.717) is 30.3 Å². The average Bonchev–Trinajstić information content (AvgIpc) is 2.92. The van der Waals surface area contributed by atoms with E-state index < -0.39 is 25.5 Å². The molecule has 0 bridgehead atoms. The topological polar surface area (TPSA) is 146 Å². The lowest BCUT2D eigenvalue weighted by atomic mass is 10.2. The molecule has 0 aliphatic carbocycles. The molecule has 38 heavy (non-hydrogen) atoms. The van der Waals surface area contributed by atoms with Crippen LogP contribution in [0.15, 0.2) is 107 Å². The predicted octanol–water partition coefficient (Wildman–Crippen LogP) is 4.85. The number of nitro groups is 1. The van der Waals surface area contributed by atoms with Crippen molar-refractivity contribution in [2.75, 3.05) is 5.43 Å². The number of hydrazone groups is 1. The molecule has 0 amide bonds. The molecule has 0 saturated carbocycles. The molecule has 0 aliphatic rings. The average molecular weight is 533 g/mol. The Kier molecular flexibility index (Phi) is 8.31. The van der Waals surface area contributed by atoms with Gasteiger partial charge in [0.05, 0.1) is 16.8 Å².